The van der Waals surface area contributed by atoms with Gasteiger partial charge in [0, 0.05) is 18.7 Å². The van der Waals surface area contributed by atoms with E-state index in [0.717, 1.165) is 12.0 Å². The predicted molar refractivity (Wildman–Crippen MR) is 114 cm³/mol. The lowest BCUT2D eigenvalue weighted by atomic mass is 10.0. The number of pyridine rings is 1. The largest absolute Gasteiger partial charge is 0.477 e. The molecular weight excluding hydrogens is 420 g/mol. The molecule has 0 radical (unpaired) electrons. The van der Waals surface area contributed by atoms with Crippen LogP contribution < -0.4 is 4.90 Å². The lowest BCUT2D eigenvalue weighted by molar-refractivity contribution is 0.0422. The quantitative estimate of drug-likeness (QED) is 0.710. The average Bonchev–Trinajstić information content (AvgIpc) is 3.25. The molecule has 1 aliphatic rings. The molecule has 3 heterocycles. The topological polar surface area (TPSA) is 128 Å². The Hall–Kier alpha value is -3.14. The molecule has 1 aliphatic heterocycles. The van der Waals surface area contributed by atoms with Crippen molar-refractivity contribution in [2.75, 3.05) is 18.1 Å². The highest BCUT2D eigenvalue weighted by atomic mass is 16.6. The van der Waals surface area contributed by atoms with Crippen molar-refractivity contribution in [1.29, 1.82) is 0 Å². The fraction of sp³-hybridized carbons (Fsp3) is 0.545. The highest BCUT2D eigenvalue weighted by Crippen LogP contribution is 2.36. The Morgan fingerprint density at radius 1 is 1.09 bits per heavy atom. The number of carboxylic acid groups (broad SMARTS) is 1. The molecule has 1 N–H and O–H groups in total. The van der Waals surface area contributed by atoms with Crippen LogP contribution in [0.2, 0.25) is 0 Å². The van der Waals surface area contributed by atoms with E-state index in [1.165, 1.54) is 0 Å². The number of rotatable bonds is 3. The minimum atomic E-state index is -1.42. The highest BCUT2D eigenvalue weighted by molar-refractivity contribution is 6.15. The molecule has 2 amide bonds. The minimum absolute atomic E-state index is 0.00674. The number of fused-ring (bicyclic) bond motifs is 1. The first-order valence-electron chi connectivity index (χ1n) is 10.3. The van der Waals surface area contributed by atoms with Crippen molar-refractivity contribution in [3.8, 4) is 0 Å². The number of carbonyl (C=O) groups is 3. The Labute approximate surface area is 185 Å². The van der Waals surface area contributed by atoms with Crippen LogP contribution in [0.5, 0.6) is 0 Å². The first-order chi connectivity index (χ1) is 14.8. The molecule has 10 nitrogen and oxygen atoms in total. The van der Waals surface area contributed by atoms with E-state index in [2.05, 4.69) is 4.98 Å². The van der Waals surface area contributed by atoms with Crippen molar-refractivity contribution >= 4 is 35.1 Å². The van der Waals surface area contributed by atoms with Crippen LogP contribution in [0, 0.1) is 0 Å². The van der Waals surface area contributed by atoms with E-state index >= 15 is 0 Å². The lowest BCUT2D eigenvalue weighted by Crippen LogP contribution is -2.44. The van der Waals surface area contributed by atoms with Crippen molar-refractivity contribution in [3.63, 3.8) is 0 Å². The van der Waals surface area contributed by atoms with Gasteiger partial charge in [-0.3, -0.25) is 4.98 Å². The number of aromatic carboxylic acids is 1. The van der Waals surface area contributed by atoms with Crippen molar-refractivity contribution in [2.24, 2.45) is 0 Å². The summed E-state index contributed by atoms with van der Waals surface area (Å²) in [7, 11) is 0. The Bertz CT molecular complexity index is 1010. The highest BCUT2D eigenvalue weighted by Gasteiger charge is 2.39. The smallest absolute Gasteiger partial charge is 0.427 e. The van der Waals surface area contributed by atoms with Gasteiger partial charge in [0.15, 0.2) is 11.1 Å². The number of anilines is 1. The van der Waals surface area contributed by atoms with Gasteiger partial charge in [-0.1, -0.05) is 0 Å². The number of ether oxygens (including phenoxy) is 3. The van der Waals surface area contributed by atoms with Crippen LogP contribution in [0.4, 0.5) is 15.5 Å². The normalized spacial score (nSPS) is 16.8. The molecule has 174 valence electrons. The molecule has 0 saturated carbocycles. The van der Waals surface area contributed by atoms with Crippen LogP contribution in [0.1, 0.15) is 69.8 Å². The van der Waals surface area contributed by atoms with E-state index in [9.17, 15) is 19.5 Å². The number of furan rings is 1. The summed E-state index contributed by atoms with van der Waals surface area (Å²) >= 11 is 0. The van der Waals surface area contributed by atoms with Gasteiger partial charge in [0.25, 0.3) is 0 Å². The van der Waals surface area contributed by atoms with Gasteiger partial charge in [-0.15, -0.1) is 4.90 Å². The van der Waals surface area contributed by atoms with Crippen LogP contribution in [0.25, 0.3) is 11.1 Å². The van der Waals surface area contributed by atoms with Crippen LogP contribution in [0.15, 0.2) is 16.7 Å². The Kier molecular flexibility index (Phi) is 6.19. The Balaban J connectivity index is 2.14. The first kappa shape index (κ1) is 23.5. The maximum atomic E-state index is 12.9. The molecule has 2 aromatic rings. The zero-order chi connectivity index (χ0) is 23.8. The lowest BCUT2D eigenvalue weighted by Gasteiger charge is -2.27. The first-order valence-corrected chi connectivity index (χ1v) is 10.3. The van der Waals surface area contributed by atoms with Gasteiger partial charge in [-0.25, -0.2) is 14.4 Å². The second-order valence-corrected chi connectivity index (χ2v) is 9.56. The molecular formula is C22H28N2O8. The Morgan fingerprint density at radius 2 is 1.69 bits per heavy atom. The van der Waals surface area contributed by atoms with E-state index < -0.39 is 40.8 Å². The summed E-state index contributed by atoms with van der Waals surface area (Å²) in [6.07, 6.45) is 0.100. The molecule has 0 bridgehead atoms. The van der Waals surface area contributed by atoms with Gasteiger partial charge in [0.1, 0.15) is 16.7 Å². The SMILES string of the molecule is CC(C)(C)OC(=O)N(C(=O)OC(C)(C)C)c1oc2cc(C3CCOC3)cnc2c1C(=O)O. The predicted octanol–water partition coefficient (Wildman–Crippen LogP) is 4.71. The number of hydrogen-bond donors (Lipinski definition) is 1. The number of imide groups is 1. The second kappa shape index (κ2) is 8.42. The number of amides is 2. The van der Waals surface area contributed by atoms with Crippen molar-refractivity contribution in [3.05, 3.63) is 23.4 Å². The van der Waals surface area contributed by atoms with Crippen LogP contribution >= 0.6 is 0 Å². The third kappa shape index (κ3) is 5.18. The summed E-state index contributed by atoms with van der Waals surface area (Å²) in [6, 6.07) is 1.65. The number of carboxylic acids is 1. The van der Waals surface area contributed by atoms with Gasteiger partial charge in [-0.2, -0.15) is 0 Å². The third-order valence-electron chi connectivity index (χ3n) is 4.50. The summed E-state index contributed by atoms with van der Waals surface area (Å²) in [5.74, 6) is -1.84. The molecule has 0 aromatic carbocycles. The van der Waals surface area contributed by atoms with Gasteiger partial charge >= 0.3 is 18.2 Å². The summed E-state index contributed by atoms with van der Waals surface area (Å²) < 4.78 is 21.8. The van der Waals surface area contributed by atoms with Crippen molar-refractivity contribution < 1.29 is 38.1 Å². The molecule has 2 aromatic heterocycles. The zero-order valence-electron chi connectivity index (χ0n) is 19.1. The number of nitrogens with zero attached hydrogens (tertiary/aromatic N) is 2. The van der Waals surface area contributed by atoms with Crippen LogP contribution in [-0.4, -0.2) is 52.7 Å². The maximum Gasteiger partial charge on any atom is 0.427 e. The summed E-state index contributed by atoms with van der Waals surface area (Å²) in [5, 5.41) is 9.86. The number of hydrogen-bond acceptors (Lipinski definition) is 8. The van der Waals surface area contributed by atoms with Gasteiger partial charge in [-0.05, 0) is 59.6 Å². The van der Waals surface area contributed by atoms with Gasteiger partial charge < -0.3 is 23.7 Å². The van der Waals surface area contributed by atoms with E-state index in [4.69, 9.17) is 18.6 Å². The van der Waals surface area contributed by atoms with Gasteiger partial charge in [0.2, 0.25) is 5.88 Å². The molecule has 3 rings (SSSR count). The van der Waals surface area contributed by atoms with E-state index in [1.807, 2.05) is 0 Å². The second-order valence-electron chi connectivity index (χ2n) is 9.56. The standard InChI is InChI=1S/C22H28N2O8/c1-21(2,3)31-19(27)24(20(28)32-22(4,5)6)17-15(18(25)26)16-14(30-17)9-13(10-23-16)12-7-8-29-11-12/h9-10,12H,7-8,11H2,1-6H3,(H,25,26). The molecule has 0 spiro atoms. The monoisotopic (exact) mass is 448 g/mol. The van der Waals surface area contributed by atoms with Crippen molar-refractivity contribution in [2.45, 2.75) is 65.1 Å². The van der Waals surface area contributed by atoms with E-state index in [1.54, 1.807) is 53.8 Å². The fourth-order valence-corrected chi connectivity index (χ4v) is 3.21. The number of carbonyl (C=O) groups excluding carboxylic acids is 2. The number of aromatic nitrogens is 1. The molecule has 10 heteroatoms. The van der Waals surface area contributed by atoms with Crippen molar-refractivity contribution in [1.82, 2.24) is 4.98 Å². The molecule has 32 heavy (non-hydrogen) atoms. The molecule has 0 aliphatic carbocycles. The third-order valence-corrected chi connectivity index (χ3v) is 4.50. The summed E-state index contributed by atoms with van der Waals surface area (Å²) in [5.41, 5.74) is -1.41. The summed E-state index contributed by atoms with van der Waals surface area (Å²) in [6.45, 7) is 10.8. The molecule has 1 fully saturated rings. The van der Waals surface area contributed by atoms with Gasteiger partial charge in [0.05, 0.1) is 6.61 Å². The van der Waals surface area contributed by atoms with E-state index in [0.29, 0.717) is 18.1 Å². The average molecular weight is 448 g/mol. The van der Waals surface area contributed by atoms with Crippen LogP contribution in [0.3, 0.4) is 0 Å². The molecule has 1 unspecified atom stereocenters. The molecule has 1 atom stereocenters. The fourth-order valence-electron chi connectivity index (χ4n) is 3.21. The minimum Gasteiger partial charge on any atom is -0.477 e. The zero-order valence-corrected chi connectivity index (χ0v) is 19.1. The maximum absolute atomic E-state index is 12.9. The Morgan fingerprint density at radius 3 is 2.16 bits per heavy atom. The van der Waals surface area contributed by atoms with Crippen LogP contribution in [-0.2, 0) is 14.2 Å². The molecule has 1 saturated heterocycles. The van der Waals surface area contributed by atoms with E-state index in [-0.39, 0.29) is 17.0 Å². The summed E-state index contributed by atoms with van der Waals surface area (Å²) in [4.78, 5) is 42.7.